The largest absolute Gasteiger partial charge is 0.353 e. The van der Waals surface area contributed by atoms with Crippen LogP contribution in [-0.2, 0) is 6.54 Å². The lowest BCUT2D eigenvalue weighted by Gasteiger charge is -2.34. The lowest BCUT2D eigenvalue weighted by Crippen LogP contribution is -2.48. The number of carbonyl (C=O) groups is 1. The Kier molecular flexibility index (Phi) is 5.00. The summed E-state index contributed by atoms with van der Waals surface area (Å²) in [6.07, 6.45) is 3.61. The van der Waals surface area contributed by atoms with Gasteiger partial charge in [0.2, 0.25) is 0 Å². The van der Waals surface area contributed by atoms with Crippen LogP contribution < -0.4 is 5.56 Å². The molecule has 1 aromatic carbocycles. The van der Waals surface area contributed by atoms with Crippen LogP contribution in [0, 0.1) is 0 Å². The highest BCUT2D eigenvalue weighted by Gasteiger charge is 2.28. The number of carbonyl (C=O) groups excluding carboxylic acids is 1. The van der Waals surface area contributed by atoms with Gasteiger partial charge in [0.15, 0.2) is 0 Å². The molecule has 0 radical (unpaired) electrons. The van der Waals surface area contributed by atoms with Crippen molar-refractivity contribution in [2.24, 2.45) is 0 Å². The highest BCUT2D eigenvalue weighted by atomic mass is 16.2. The predicted octanol–water partition coefficient (Wildman–Crippen LogP) is 1.94. The first-order valence-corrected chi connectivity index (χ1v) is 9.82. The van der Waals surface area contributed by atoms with Crippen LogP contribution in [-0.4, -0.2) is 62.8 Å². The lowest BCUT2D eigenvalue weighted by molar-refractivity contribution is 0.0643. The Morgan fingerprint density at radius 1 is 1.00 bits per heavy atom. The molecule has 1 fully saturated rings. The highest BCUT2D eigenvalue weighted by Crippen LogP contribution is 2.24. The molecule has 7 heteroatoms. The molecule has 0 atom stereocenters. The molecule has 1 saturated heterocycles. The Morgan fingerprint density at radius 3 is 2.36 bits per heavy atom. The summed E-state index contributed by atoms with van der Waals surface area (Å²) in [7, 11) is 0. The third-order valence-electron chi connectivity index (χ3n) is 5.43. The Bertz CT molecular complexity index is 999. The summed E-state index contributed by atoms with van der Waals surface area (Å²) in [4.78, 5) is 30.5. The first kappa shape index (κ1) is 18.4. The molecule has 0 bridgehead atoms. The monoisotopic (exact) mass is 379 g/mol. The van der Waals surface area contributed by atoms with Gasteiger partial charge in [-0.3, -0.25) is 9.59 Å². The molecule has 1 aromatic rings. The minimum Gasteiger partial charge on any atom is -0.353 e. The number of hydrogen-bond acceptors (Lipinski definition) is 4. The van der Waals surface area contributed by atoms with Gasteiger partial charge < -0.3 is 14.4 Å². The summed E-state index contributed by atoms with van der Waals surface area (Å²) >= 11 is 0. The van der Waals surface area contributed by atoms with Crippen molar-refractivity contribution in [1.29, 1.82) is 0 Å². The van der Waals surface area contributed by atoms with Crippen molar-refractivity contribution in [1.82, 2.24) is 24.1 Å². The van der Waals surface area contributed by atoms with Gasteiger partial charge >= 0.3 is 0 Å². The average Bonchev–Trinajstić information content (AvgIpc) is 3.09. The van der Waals surface area contributed by atoms with Crippen LogP contribution in [0.5, 0.6) is 0 Å². The maximum atomic E-state index is 13.3. The molecule has 3 aliphatic rings. The molecule has 0 spiro atoms. The maximum absolute atomic E-state index is 13.3. The molecule has 0 aliphatic carbocycles. The third-order valence-corrected chi connectivity index (χ3v) is 5.43. The van der Waals surface area contributed by atoms with Gasteiger partial charge in [0.05, 0.1) is 16.8 Å². The second-order valence-corrected chi connectivity index (χ2v) is 7.04. The van der Waals surface area contributed by atoms with E-state index in [2.05, 4.69) is 16.9 Å². The summed E-state index contributed by atoms with van der Waals surface area (Å²) in [6, 6.07) is 9.31. The van der Waals surface area contributed by atoms with Crippen LogP contribution in [0.1, 0.15) is 24.2 Å². The number of likely N-dealkylation sites (N-methyl/N-ethyl adjacent to an activating group) is 1. The van der Waals surface area contributed by atoms with Crippen molar-refractivity contribution in [2.75, 3.05) is 32.7 Å². The number of aromatic nitrogens is 3. The number of aryl methyl sites for hydroxylation is 1. The summed E-state index contributed by atoms with van der Waals surface area (Å²) in [5.41, 5.74) is 1.94. The summed E-state index contributed by atoms with van der Waals surface area (Å²) < 4.78 is 3.27. The van der Waals surface area contributed by atoms with Gasteiger partial charge in [-0.25, -0.2) is 0 Å². The van der Waals surface area contributed by atoms with E-state index in [1.54, 1.807) is 6.20 Å². The van der Waals surface area contributed by atoms with E-state index in [0.29, 0.717) is 42.1 Å². The first-order chi connectivity index (χ1) is 13.6. The number of piperazine rings is 1. The van der Waals surface area contributed by atoms with E-state index in [4.69, 9.17) is 0 Å². The first-order valence-electron chi connectivity index (χ1n) is 9.82. The second kappa shape index (κ2) is 7.59. The molecule has 0 N–H and O–H groups in total. The maximum Gasteiger partial charge on any atom is 0.282 e. The summed E-state index contributed by atoms with van der Waals surface area (Å²) in [5.74, 6) is -0.0544. The van der Waals surface area contributed by atoms with Crippen LogP contribution in [0.4, 0.5) is 0 Å². The van der Waals surface area contributed by atoms with Crippen molar-refractivity contribution in [3.05, 3.63) is 58.6 Å². The molecule has 7 nitrogen and oxygen atoms in total. The molecule has 1 amide bonds. The van der Waals surface area contributed by atoms with E-state index in [1.807, 2.05) is 52.9 Å². The van der Waals surface area contributed by atoms with Gasteiger partial charge in [-0.05, 0) is 25.6 Å². The molecule has 3 aliphatic heterocycles. The van der Waals surface area contributed by atoms with Gasteiger partial charge in [0, 0.05) is 45.1 Å². The minimum absolute atomic E-state index is 0.0544. The van der Waals surface area contributed by atoms with E-state index in [9.17, 15) is 9.59 Å². The van der Waals surface area contributed by atoms with Crippen LogP contribution >= 0.6 is 0 Å². The van der Waals surface area contributed by atoms with Gasteiger partial charge in [-0.15, -0.1) is 0 Å². The Labute approximate surface area is 164 Å². The zero-order valence-corrected chi connectivity index (χ0v) is 16.3. The fourth-order valence-electron chi connectivity index (χ4n) is 3.68. The van der Waals surface area contributed by atoms with E-state index < -0.39 is 0 Å². The van der Waals surface area contributed by atoms with Crippen LogP contribution in [0.3, 0.4) is 0 Å². The fourth-order valence-corrected chi connectivity index (χ4v) is 3.68. The smallest absolute Gasteiger partial charge is 0.282 e. The van der Waals surface area contributed by atoms with E-state index >= 15 is 0 Å². The Hall–Kier alpha value is -2.93. The number of benzene rings is 1. The van der Waals surface area contributed by atoms with Crippen LogP contribution in [0.15, 0.2) is 47.5 Å². The molecule has 4 rings (SSSR count). The summed E-state index contributed by atoms with van der Waals surface area (Å²) in [5, 5.41) is 4.54. The van der Waals surface area contributed by atoms with Gasteiger partial charge in [0.1, 0.15) is 5.69 Å². The number of para-hydroxylation sites is 1. The van der Waals surface area contributed by atoms with Crippen molar-refractivity contribution in [3.63, 3.8) is 0 Å². The van der Waals surface area contributed by atoms with E-state index in [-0.39, 0.29) is 11.5 Å². The standard InChI is InChI=1S/C21H25N5O2/c1-3-23-10-12-25(13-11-23)20(27)17-14-24(4-2)15-18-19(17)22-26(21(18)28)16-8-6-5-7-9-16/h5-9,14-15H,3-4,10-13H2,1-2H3. The number of amides is 1. The number of hydrogen-bond donors (Lipinski definition) is 0. The second-order valence-electron chi connectivity index (χ2n) is 7.04. The topological polar surface area (TPSA) is 63.4 Å². The number of pyridine rings is 1. The van der Waals surface area contributed by atoms with E-state index in [0.717, 1.165) is 19.6 Å². The van der Waals surface area contributed by atoms with Crippen LogP contribution in [0.25, 0.3) is 16.9 Å². The average molecular weight is 379 g/mol. The molecule has 0 aromatic heterocycles. The molecule has 146 valence electrons. The van der Waals surface area contributed by atoms with E-state index in [1.165, 1.54) is 4.68 Å². The normalized spacial score (nSPS) is 15.3. The third kappa shape index (κ3) is 3.22. The van der Waals surface area contributed by atoms with Crippen molar-refractivity contribution >= 4 is 5.91 Å². The van der Waals surface area contributed by atoms with Gasteiger partial charge in [-0.2, -0.15) is 9.78 Å². The number of fused-ring (bicyclic) bond motifs is 1. The quantitative estimate of drug-likeness (QED) is 0.695. The van der Waals surface area contributed by atoms with Crippen molar-refractivity contribution in [2.45, 2.75) is 20.4 Å². The molecular formula is C21H25N5O2. The molecule has 0 saturated carbocycles. The SMILES string of the molecule is CCN1CCN(C(=O)c2cn(CC)cc3c(=O)n(-c4ccccc4)nc2-3)CC1. The lowest BCUT2D eigenvalue weighted by atomic mass is 10.1. The molecule has 3 heterocycles. The number of rotatable bonds is 4. The zero-order chi connectivity index (χ0) is 19.7. The predicted molar refractivity (Wildman–Crippen MR) is 108 cm³/mol. The molecule has 28 heavy (non-hydrogen) atoms. The Balaban J connectivity index is 1.77. The highest BCUT2D eigenvalue weighted by molar-refractivity contribution is 6.00. The van der Waals surface area contributed by atoms with Crippen LogP contribution in [0.2, 0.25) is 0 Å². The van der Waals surface area contributed by atoms with Gasteiger partial charge in [0.25, 0.3) is 11.5 Å². The Morgan fingerprint density at radius 2 is 1.71 bits per heavy atom. The zero-order valence-electron chi connectivity index (χ0n) is 16.3. The fraction of sp³-hybridized carbons (Fsp3) is 0.381. The minimum atomic E-state index is -0.200. The molecule has 0 unspecified atom stereocenters. The van der Waals surface area contributed by atoms with Gasteiger partial charge in [-0.1, -0.05) is 25.1 Å². The number of nitrogens with zero attached hydrogens (tertiary/aromatic N) is 5. The van der Waals surface area contributed by atoms with Crippen molar-refractivity contribution < 1.29 is 4.79 Å². The van der Waals surface area contributed by atoms with Crippen molar-refractivity contribution in [3.8, 4) is 16.9 Å². The molecular weight excluding hydrogens is 354 g/mol. The summed E-state index contributed by atoms with van der Waals surface area (Å²) in [6.45, 7) is 8.93.